The smallest absolute Gasteiger partial charge is 0.178 e. The van der Waals surface area contributed by atoms with Gasteiger partial charge in [0.1, 0.15) is 6.07 Å². The summed E-state index contributed by atoms with van der Waals surface area (Å²) < 4.78 is 1.94. The fourth-order valence-electron chi connectivity index (χ4n) is 4.04. The second kappa shape index (κ2) is 6.02. The average molecular weight is 346 g/mol. The van der Waals surface area contributed by atoms with Crippen LogP contribution in [0, 0.1) is 11.3 Å². The van der Waals surface area contributed by atoms with Crippen LogP contribution in [0.4, 0.5) is 5.82 Å². The first-order valence-electron chi connectivity index (χ1n) is 9.04. The predicted molar refractivity (Wildman–Crippen MR) is 93.7 cm³/mol. The van der Waals surface area contributed by atoms with Crippen molar-refractivity contribution in [1.82, 2.24) is 30.0 Å². The van der Waals surface area contributed by atoms with E-state index in [2.05, 4.69) is 37.4 Å². The monoisotopic (exact) mass is 346 g/mol. The third-order valence-corrected chi connectivity index (χ3v) is 5.42. The number of aromatic nitrogens is 6. The lowest BCUT2D eigenvalue weighted by atomic mass is 9.96. The molecule has 8 nitrogen and oxygen atoms in total. The van der Waals surface area contributed by atoms with Gasteiger partial charge >= 0.3 is 0 Å². The molecular weight excluding hydrogens is 328 g/mol. The summed E-state index contributed by atoms with van der Waals surface area (Å²) in [6.45, 7) is 1.63. The molecule has 8 heteroatoms. The van der Waals surface area contributed by atoms with E-state index < -0.39 is 0 Å². The fraction of sp³-hybridized carbons (Fsp3) is 0.444. The van der Waals surface area contributed by atoms with Gasteiger partial charge in [-0.3, -0.25) is 0 Å². The Balaban J connectivity index is 1.39. The van der Waals surface area contributed by atoms with Crippen LogP contribution < -0.4 is 4.90 Å². The largest absolute Gasteiger partial charge is 0.354 e. The van der Waals surface area contributed by atoms with Crippen molar-refractivity contribution in [3.05, 3.63) is 41.0 Å². The molecular formula is C18H18N8. The number of hydrogen-bond acceptors (Lipinski definition) is 7. The molecule has 2 aliphatic rings. The summed E-state index contributed by atoms with van der Waals surface area (Å²) in [5.41, 5.74) is 3.93. The molecule has 3 aromatic heterocycles. The van der Waals surface area contributed by atoms with Crippen LogP contribution in [0.15, 0.2) is 18.3 Å². The van der Waals surface area contributed by atoms with Crippen molar-refractivity contribution in [2.75, 3.05) is 18.0 Å². The minimum atomic E-state index is 0.315. The van der Waals surface area contributed by atoms with Gasteiger partial charge in [0.25, 0.3) is 0 Å². The minimum Gasteiger partial charge on any atom is -0.354 e. The fourth-order valence-corrected chi connectivity index (χ4v) is 4.04. The molecule has 0 bridgehead atoms. The summed E-state index contributed by atoms with van der Waals surface area (Å²) in [6, 6.07) is 6.05. The van der Waals surface area contributed by atoms with Gasteiger partial charge in [0.05, 0.1) is 17.5 Å². The molecule has 3 aromatic rings. The maximum absolute atomic E-state index is 9.27. The number of nitrogens with zero attached hydrogens (tertiary/aromatic N) is 8. The van der Waals surface area contributed by atoms with Crippen LogP contribution in [0.2, 0.25) is 0 Å². The van der Waals surface area contributed by atoms with E-state index >= 15 is 0 Å². The predicted octanol–water partition coefficient (Wildman–Crippen LogP) is 1.66. The molecule has 0 aromatic carbocycles. The molecule has 0 amide bonds. The van der Waals surface area contributed by atoms with Crippen LogP contribution in [0.3, 0.4) is 0 Å². The normalized spacial score (nSPS) is 17.4. The first-order valence-corrected chi connectivity index (χ1v) is 9.04. The summed E-state index contributed by atoms with van der Waals surface area (Å²) in [6.07, 6.45) is 6.74. The maximum Gasteiger partial charge on any atom is 0.178 e. The van der Waals surface area contributed by atoms with Gasteiger partial charge in [-0.05, 0) is 49.8 Å². The Bertz CT molecular complexity index is 1010. The van der Waals surface area contributed by atoms with Crippen LogP contribution in [-0.2, 0) is 12.8 Å². The summed E-state index contributed by atoms with van der Waals surface area (Å²) in [4.78, 5) is 2.14. The molecule has 0 N–H and O–H groups in total. The lowest BCUT2D eigenvalue weighted by Crippen LogP contribution is -2.34. The second-order valence-corrected chi connectivity index (χ2v) is 6.94. The van der Waals surface area contributed by atoms with Crippen LogP contribution in [-0.4, -0.2) is 43.1 Å². The van der Waals surface area contributed by atoms with Crippen molar-refractivity contribution >= 4 is 11.5 Å². The first kappa shape index (κ1) is 15.2. The molecule has 130 valence electrons. The molecule has 0 atom stereocenters. The number of hydrogen-bond donors (Lipinski definition) is 0. The third kappa shape index (κ3) is 2.39. The van der Waals surface area contributed by atoms with Crippen molar-refractivity contribution in [2.45, 2.75) is 38.0 Å². The van der Waals surface area contributed by atoms with Crippen molar-refractivity contribution in [1.29, 1.82) is 5.26 Å². The summed E-state index contributed by atoms with van der Waals surface area (Å²) in [5.74, 6) is 1.94. The standard InChI is InChI=1S/C18H18N8/c19-11-14-4-7-20-22-17(14)25-8-5-12(6-9-25)18-23-21-16-10-13-2-1-3-15(13)24-26(16)18/h4,7,10,12H,1-3,5-6,8-9H2. The molecule has 0 unspecified atom stereocenters. The molecule has 0 spiro atoms. The quantitative estimate of drug-likeness (QED) is 0.696. The topological polar surface area (TPSA) is 95.9 Å². The molecule has 26 heavy (non-hydrogen) atoms. The molecule has 4 heterocycles. The van der Waals surface area contributed by atoms with Gasteiger partial charge in [-0.2, -0.15) is 20.0 Å². The molecule has 5 rings (SSSR count). The van der Waals surface area contributed by atoms with Gasteiger partial charge in [0.2, 0.25) is 0 Å². The zero-order chi connectivity index (χ0) is 17.5. The highest BCUT2D eigenvalue weighted by Crippen LogP contribution is 2.30. The summed E-state index contributed by atoms with van der Waals surface area (Å²) >= 11 is 0. The minimum absolute atomic E-state index is 0.315. The molecule has 1 fully saturated rings. The van der Waals surface area contributed by atoms with E-state index in [1.165, 1.54) is 17.7 Å². The number of fused-ring (bicyclic) bond motifs is 2. The number of anilines is 1. The highest BCUT2D eigenvalue weighted by Gasteiger charge is 2.27. The van der Waals surface area contributed by atoms with Crippen LogP contribution in [0.25, 0.3) is 5.65 Å². The van der Waals surface area contributed by atoms with Crippen molar-refractivity contribution in [2.24, 2.45) is 0 Å². The number of piperidine rings is 1. The van der Waals surface area contributed by atoms with Crippen molar-refractivity contribution in [3.63, 3.8) is 0 Å². The highest BCUT2D eigenvalue weighted by molar-refractivity contribution is 5.53. The average Bonchev–Trinajstić information content (AvgIpc) is 3.32. The second-order valence-electron chi connectivity index (χ2n) is 6.94. The zero-order valence-electron chi connectivity index (χ0n) is 14.3. The van der Waals surface area contributed by atoms with Crippen molar-refractivity contribution in [3.8, 4) is 6.07 Å². The Morgan fingerprint density at radius 2 is 2.00 bits per heavy atom. The molecule has 0 saturated carbocycles. The van der Waals surface area contributed by atoms with Gasteiger partial charge < -0.3 is 4.90 Å². The molecule has 1 aliphatic carbocycles. The lowest BCUT2D eigenvalue weighted by Gasteiger charge is -2.31. The third-order valence-electron chi connectivity index (χ3n) is 5.42. The molecule has 1 saturated heterocycles. The summed E-state index contributed by atoms with van der Waals surface area (Å²) in [5, 5.41) is 31.0. The zero-order valence-corrected chi connectivity index (χ0v) is 14.3. The Kier molecular flexibility index (Phi) is 3.52. The van der Waals surface area contributed by atoms with Crippen LogP contribution in [0.1, 0.15) is 47.8 Å². The van der Waals surface area contributed by atoms with E-state index in [0.29, 0.717) is 17.3 Å². The SMILES string of the molecule is N#Cc1ccnnc1N1CCC(c2nnc3cc4c(nn23)CCC4)CC1. The number of nitriles is 1. The Morgan fingerprint density at radius 1 is 1.12 bits per heavy atom. The summed E-state index contributed by atoms with van der Waals surface area (Å²) in [7, 11) is 0. The number of aryl methyl sites for hydroxylation is 2. The van der Waals surface area contributed by atoms with Gasteiger partial charge in [0.15, 0.2) is 17.3 Å². The van der Waals surface area contributed by atoms with E-state index in [1.54, 1.807) is 12.3 Å². The van der Waals surface area contributed by atoms with E-state index in [9.17, 15) is 5.26 Å². The van der Waals surface area contributed by atoms with Crippen LogP contribution in [0.5, 0.6) is 0 Å². The van der Waals surface area contributed by atoms with E-state index in [1.807, 2.05) is 4.52 Å². The van der Waals surface area contributed by atoms with E-state index in [4.69, 9.17) is 5.10 Å². The Morgan fingerprint density at radius 3 is 2.85 bits per heavy atom. The van der Waals surface area contributed by atoms with Crippen molar-refractivity contribution < 1.29 is 0 Å². The van der Waals surface area contributed by atoms with E-state index in [0.717, 1.165) is 50.2 Å². The van der Waals surface area contributed by atoms with Gasteiger partial charge in [0, 0.05) is 19.0 Å². The van der Waals surface area contributed by atoms with Gasteiger partial charge in [-0.15, -0.1) is 15.3 Å². The maximum atomic E-state index is 9.27. The van der Waals surface area contributed by atoms with Gasteiger partial charge in [-0.25, -0.2) is 0 Å². The van der Waals surface area contributed by atoms with E-state index in [-0.39, 0.29) is 0 Å². The first-order chi connectivity index (χ1) is 12.8. The molecule has 0 radical (unpaired) electrons. The van der Waals surface area contributed by atoms with Crippen LogP contribution >= 0.6 is 0 Å². The van der Waals surface area contributed by atoms with Gasteiger partial charge in [-0.1, -0.05) is 0 Å². The highest BCUT2D eigenvalue weighted by atomic mass is 15.4. The molecule has 1 aliphatic heterocycles. The lowest BCUT2D eigenvalue weighted by molar-refractivity contribution is 0.473. The Hall–Kier alpha value is -3.08. The number of rotatable bonds is 2. The Labute approximate surface area is 150 Å².